The molecular weight excluding hydrogens is 324 g/mol. The Bertz CT molecular complexity index is 823. The van der Waals surface area contributed by atoms with Gasteiger partial charge in [-0.05, 0) is 42.6 Å². The van der Waals surface area contributed by atoms with Crippen LogP contribution in [0.15, 0.2) is 54.7 Å². The molecule has 4 nitrogen and oxygen atoms in total. The van der Waals surface area contributed by atoms with E-state index in [4.69, 9.17) is 9.47 Å². The molecule has 4 heteroatoms. The second kappa shape index (κ2) is 8.39. The number of aromatic amines is 1. The summed E-state index contributed by atoms with van der Waals surface area (Å²) in [5.41, 5.74) is 3.72. The summed E-state index contributed by atoms with van der Waals surface area (Å²) < 4.78 is 11.3. The van der Waals surface area contributed by atoms with Gasteiger partial charge in [0.25, 0.3) is 0 Å². The van der Waals surface area contributed by atoms with Crippen LogP contribution in [-0.4, -0.2) is 42.7 Å². The van der Waals surface area contributed by atoms with Crippen LogP contribution in [0.5, 0.6) is 5.75 Å². The highest BCUT2D eigenvalue weighted by atomic mass is 16.5. The third-order valence-electron chi connectivity index (χ3n) is 5.01. The van der Waals surface area contributed by atoms with E-state index in [9.17, 15) is 0 Å². The van der Waals surface area contributed by atoms with Gasteiger partial charge in [0.05, 0.1) is 13.2 Å². The van der Waals surface area contributed by atoms with Crippen LogP contribution in [-0.2, 0) is 17.8 Å². The number of hydrogen-bond donors (Lipinski definition) is 1. The number of nitrogens with zero attached hydrogens (tertiary/aromatic N) is 1. The number of H-pyrrole nitrogens is 1. The zero-order chi connectivity index (χ0) is 17.6. The molecule has 136 valence electrons. The van der Waals surface area contributed by atoms with Gasteiger partial charge in [0.2, 0.25) is 0 Å². The van der Waals surface area contributed by atoms with Crippen LogP contribution < -0.4 is 4.74 Å². The summed E-state index contributed by atoms with van der Waals surface area (Å²) in [6.07, 6.45) is 4.42. The van der Waals surface area contributed by atoms with Crippen LogP contribution in [0.2, 0.25) is 0 Å². The lowest BCUT2D eigenvalue weighted by molar-refractivity contribution is 0.0375. The maximum atomic E-state index is 5.93. The number of ether oxygens (including phenoxy) is 2. The third-order valence-corrected chi connectivity index (χ3v) is 5.01. The molecule has 1 saturated heterocycles. The fraction of sp³-hybridized carbons (Fsp3) is 0.364. The largest absolute Gasteiger partial charge is 0.489 e. The van der Waals surface area contributed by atoms with Crippen molar-refractivity contribution in [2.45, 2.75) is 19.4 Å². The number of aryl methyl sites for hydroxylation is 1. The Hall–Kier alpha value is -2.30. The maximum Gasteiger partial charge on any atom is 0.121 e. The van der Waals surface area contributed by atoms with Crippen LogP contribution >= 0.6 is 0 Å². The molecule has 2 heterocycles. The number of nitrogens with one attached hydrogen (secondary N) is 1. The molecule has 1 fully saturated rings. The SMILES string of the molecule is c1ccc(COc2ccc3c(CCCN4CCOCC4)c[nH]c3c2)cc1. The van der Waals surface area contributed by atoms with E-state index in [1.807, 2.05) is 18.2 Å². The molecule has 1 N–H and O–H groups in total. The predicted octanol–water partition coefficient (Wildman–Crippen LogP) is 4.01. The van der Waals surface area contributed by atoms with E-state index in [0.717, 1.165) is 50.5 Å². The Labute approximate surface area is 154 Å². The Balaban J connectivity index is 1.34. The van der Waals surface area contributed by atoms with E-state index < -0.39 is 0 Å². The first-order valence-corrected chi connectivity index (χ1v) is 9.45. The summed E-state index contributed by atoms with van der Waals surface area (Å²) in [6.45, 7) is 5.62. The molecule has 3 aromatic rings. The van der Waals surface area contributed by atoms with Crippen molar-refractivity contribution in [1.82, 2.24) is 9.88 Å². The first kappa shape index (κ1) is 17.1. The Morgan fingerprint density at radius 2 is 1.88 bits per heavy atom. The van der Waals surface area contributed by atoms with Gasteiger partial charge in [0, 0.05) is 36.3 Å². The normalized spacial score (nSPS) is 15.4. The lowest BCUT2D eigenvalue weighted by Crippen LogP contribution is -2.36. The van der Waals surface area contributed by atoms with Crippen molar-refractivity contribution in [3.63, 3.8) is 0 Å². The molecule has 26 heavy (non-hydrogen) atoms. The molecule has 1 aliphatic rings. The van der Waals surface area contributed by atoms with Gasteiger partial charge in [0.15, 0.2) is 0 Å². The molecule has 0 atom stereocenters. The lowest BCUT2D eigenvalue weighted by atomic mass is 10.1. The van der Waals surface area contributed by atoms with Gasteiger partial charge in [-0.25, -0.2) is 0 Å². The van der Waals surface area contributed by atoms with Gasteiger partial charge in [-0.2, -0.15) is 0 Å². The van der Waals surface area contributed by atoms with E-state index in [0.29, 0.717) is 6.61 Å². The van der Waals surface area contributed by atoms with E-state index >= 15 is 0 Å². The molecule has 1 aromatic heterocycles. The van der Waals surface area contributed by atoms with E-state index in [1.54, 1.807) is 0 Å². The molecule has 4 rings (SSSR count). The van der Waals surface area contributed by atoms with Crippen molar-refractivity contribution >= 4 is 10.9 Å². The molecule has 2 aromatic carbocycles. The number of hydrogen-bond acceptors (Lipinski definition) is 3. The highest BCUT2D eigenvalue weighted by Gasteiger charge is 2.10. The quantitative estimate of drug-likeness (QED) is 0.699. The lowest BCUT2D eigenvalue weighted by Gasteiger charge is -2.26. The third kappa shape index (κ3) is 4.26. The summed E-state index contributed by atoms with van der Waals surface area (Å²) >= 11 is 0. The molecule has 0 bridgehead atoms. The Morgan fingerprint density at radius 1 is 1.04 bits per heavy atom. The van der Waals surface area contributed by atoms with E-state index in [2.05, 4.69) is 46.4 Å². The number of morpholine rings is 1. The molecule has 0 radical (unpaired) electrons. The molecular formula is C22H26N2O2. The standard InChI is InChI=1S/C22H26N2O2/c1-2-5-18(6-3-1)17-26-20-8-9-21-19(16-23-22(21)15-20)7-4-10-24-11-13-25-14-12-24/h1-3,5-6,8-9,15-16,23H,4,7,10-14,17H2. The first-order chi connectivity index (χ1) is 12.9. The van der Waals surface area contributed by atoms with Crippen molar-refractivity contribution in [2.75, 3.05) is 32.8 Å². The molecule has 0 spiro atoms. The predicted molar refractivity (Wildman–Crippen MR) is 105 cm³/mol. The molecule has 0 unspecified atom stereocenters. The smallest absolute Gasteiger partial charge is 0.121 e. The van der Waals surface area contributed by atoms with Crippen molar-refractivity contribution in [2.24, 2.45) is 0 Å². The van der Waals surface area contributed by atoms with Crippen LogP contribution in [0.1, 0.15) is 17.5 Å². The minimum absolute atomic E-state index is 0.597. The highest BCUT2D eigenvalue weighted by Crippen LogP contribution is 2.25. The summed E-state index contributed by atoms with van der Waals surface area (Å²) in [4.78, 5) is 5.90. The number of benzene rings is 2. The van der Waals surface area contributed by atoms with E-state index in [1.165, 1.54) is 22.9 Å². The summed E-state index contributed by atoms with van der Waals surface area (Å²) in [5.74, 6) is 0.906. The van der Waals surface area contributed by atoms with Crippen molar-refractivity contribution in [1.29, 1.82) is 0 Å². The van der Waals surface area contributed by atoms with Crippen LogP contribution in [0.3, 0.4) is 0 Å². The van der Waals surface area contributed by atoms with Crippen molar-refractivity contribution < 1.29 is 9.47 Å². The maximum absolute atomic E-state index is 5.93. The number of aromatic nitrogens is 1. The zero-order valence-corrected chi connectivity index (χ0v) is 15.1. The zero-order valence-electron chi connectivity index (χ0n) is 15.1. The monoisotopic (exact) mass is 350 g/mol. The second-order valence-electron chi connectivity index (χ2n) is 6.85. The second-order valence-corrected chi connectivity index (χ2v) is 6.85. The van der Waals surface area contributed by atoms with Gasteiger partial charge in [0.1, 0.15) is 12.4 Å². The average Bonchev–Trinajstić information content (AvgIpc) is 3.10. The van der Waals surface area contributed by atoms with E-state index in [-0.39, 0.29) is 0 Å². The molecule has 0 amide bonds. The average molecular weight is 350 g/mol. The van der Waals surface area contributed by atoms with Crippen molar-refractivity contribution in [3.8, 4) is 5.75 Å². The highest BCUT2D eigenvalue weighted by molar-refractivity contribution is 5.84. The van der Waals surface area contributed by atoms with Gasteiger partial charge >= 0.3 is 0 Å². The van der Waals surface area contributed by atoms with Gasteiger partial charge in [-0.15, -0.1) is 0 Å². The number of rotatable bonds is 7. The molecule has 0 saturated carbocycles. The minimum atomic E-state index is 0.597. The summed E-state index contributed by atoms with van der Waals surface area (Å²) in [7, 11) is 0. The molecule has 0 aliphatic carbocycles. The Morgan fingerprint density at radius 3 is 2.73 bits per heavy atom. The molecule has 1 aliphatic heterocycles. The van der Waals surface area contributed by atoms with Crippen LogP contribution in [0.4, 0.5) is 0 Å². The van der Waals surface area contributed by atoms with Gasteiger partial charge in [-0.1, -0.05) is 30.3 Å². The van der Waals surface area contributed by atoms with Crippen LogP contribution in [0.25, 0.3) is 10.9 Å². The van der Waals surface area contributed by atoms with Gasteiger partial charge in [-0.3, -0.25) is 4.90 Å². The van der Waals surface area contributed by atoms with Crippen molar-refractivity contribution in [3.05, 3.63) is 65.9 Å². The Kier molecular flexibility index (Phi) is 5.53. The minimum Gasteiger partial charge on any atom is -0.489 e. The topological polar surface area (TPSA) is 37.5 Å². The fourth-order valence-electron chi connectivity index (χ4n) is 3.52. The van der Waals surface area contributed by atoms with Gasteiger partial charge < -0.3 is 14.5 Å². The number of fused-ring (bicyclic) bond motifs is 1. The van der Waals surface area contributed by atoms with Crippen LogP contribution in [0, 0.1) is 0 Å². The summed E-state index contributed by atoms with van der Waals surface area (Å²) in [6, 6.07) is 16.6. The summed E-state index contributed by atoms with van der Waals surface area (Å²) in [5, 5.41) is 1.30. The fourth-order valence-corrected chi connectivity index (χ4v) is 3.52. The first-order valence-electron chi connectivity index (χ1n) is 9.45.